The first kappa shape index (κ1) is 13.6. The summed E-state index contributed by atoms with van der Waals surface area (Å²) in [4.78, 5) is 26.4. The molecule has 0 amide bonds. The quantitative estimate of drug-likeness (QED) is 0.560. The van der Waals surface area contributed by atoms with Crippen molar-refractivity contribution in [3.8, 4) is 0 Å². The van der Waals surface area contributed by atoms with E-state index in [0.717, 1.165) is 11.6 Å². The molecular weight excluding hydrogens is 294 g/mol. The molecule has 0 radical (unpaired) electrons. The number of nitrogens with two attached hydrogens (primary N) is 1. The molecule has 0 unspecified atom stereocenters. The molecule has 116 valence electrons. The average molecular weight is 309 g/mol. The molecule has 23 heavy (non-hydrogen) atoms. The Morgan fingerprint density at radius 1 is 0.783 bits per heavy atom. The van der Waals surface area contributed by atoms with Crippen LogP contribution in [0, 0.1) is 27.7 Å². The van der Waals surface area contributed by atoms with E-state index in [0.29, 0.717) is 39.8 Å². The monoisotopic (exact) mass is 309 g/mol. The maximum absolute atomic E-state index is 5.99. The van der Waals surface area contributed by atoms with Gasteiger partial charge in [-0.1, -0.05) is 0 Å². The van der Waals surface area contributed by atoms with Gasteiger partial charge in [0.25, 0.3) is 0 Å². The van der Waals surface area contributed by atoms with Gasteiger partial charge in [0, 0.05) is 0 Å². The van der Waals surface area contributed by atoms with E-state index >= 15 is 0 Å². The van der Waals surface area contributed by atoms with Crippen LogP contribution in [0.25, 0.3) is 22.3 Å². The van der Waals surface area contributed by atoms with Gasteiger partial charge in [-0.25, -0.2) is 39.3 Å². The Hall–Kier alpha value is -3.10. The van der Waals surface area contributed by atoms with Gasteiger partial charge in [0.05, 0.1) is 6.20 Å². The second-order valence-corrected chi connectivity index (χ2v) is 5.40. The molecule has 9 nitrogen and oxygen atoms in total. The molecule has 0 aromatic carbocycles. The maximum atomic E-state index is 5.99. The molecule has 0 bridgehead atoms. The number of anilines is 1. The number of nitrogens with zero attached hydrogens (tertiary/aromatic N) is 8. The topological polar surface area (TPSA) is 113 Å². The summed E-state index contributed by atoms with van der Waals surface area (Å²) in [5.41, 5.74) is 8.61. The first-order valence-electron chi connectivity index (χ1n) is 7.14. The van der Waals surface area contributed by atoms with Crippen LogP contribution in [-0.2, 0) is 0 Å². The smallest absolute Gasteiger partial charge is 0.185 e. The molecule has 9 heteroatoms. The van der Waals surface area contributed by atoms with Crippen molar-refractivity contribution in [2.24, 2.45) is 0 Å². The van der Waals surface area contributed by atoms with Crippen LogP contribution < -0.4 is 5.73 Å². The highest BCUT2D eigenvalue weighted by atomic mass is 15.5. The van der Waals surface area contributed by atoms with Gasteiger partial charge in [0.1, 0.15) is 28.8 Å². The molecule has 0 atom stereocenters. The van der Waals surface area contributed by atoms with Crippen LogP contribution in [0.5, 0.6) is 0 Å². The van der Waals surface area contributed by atoms with Crippen molar-refractivity contribution in [3.05, 3.63) is 29.5 Å². The molecule has 4 aromatic heterocycles. The van der Waals surface area contributed by atoms with E-state index in [9.17, 15) is 0 Å². The molecular formula is C14H15N9. The second-order valence-electron chi connectivity index (χ2n) is 5.40. The van der Waals surface area contributed by atoms with Gasteiger partial charge in [0.15, 0.2) is 22.6 Å². The van der Waals surface area contributed by atoms with Crippen molar-refractivity contribution in [1.82, 2.24) is 39.3 Å². The Labute approximate surface area is 131 Å². The molecule has 0 aliphatic carbocycles. The lowest BCUT2D eigenvalue weighted by atomic mass is 10.5. The standard InChI is InChI=1S/C14H15N9/c1-6-16-5-10-13(18-6)22(8(3)20-10)23-9(4)21-11-12(15)17-7(2)19-14(11)23/h5H,1-4H3,(H2,15,17,19). The summed E-state index contributed by atoms with van der Waals surface area (Å²) >= 11 is 0. The highest BCUT2D eigenvalue weighted by Crippen LogP contribution is 2.22. The lowest BCUT2D eigenvalue weighted by Gasteiger charge is -2.10. The van der Waals surface area contributed by atoms with Gasteiger partial charge in [-0.3, -0.25) is 0 Å². The molecule has 2 N–H and O–H groups in total. The van der Waals surface area contributed by atoms with Crippen LogP contribution in [0.3, 0.4) is 0 Å². The highest BCUT2D eigenvalue weighted by Gasteiger charge is 2.19. The fourth-order valence-corrected chi connectivity index (χ4v) is 2.73. The lowest BCUT2D eigenvalue weighted by Crippen LogP contribution is -2.14. The van der Waals surface area contributed by atoms with Crippen molar-refractivity contribution in [3.63, 3.8) is 0 Å². The Kier molecular flexibility index (Phi) is 2.62. The summed E-state index contributed by atoms with van der Waals surface area (Å²) in [6.45, 7) is 7.43. The van der Waals surface area contributed by atoms with E-state index in [4.69, 9.17) is 5.73 Å². The predicted molar refractivity (Wildman–Crippen MR) is 84.8 cm³/mol. The Bertz CT molecular complexity index is 1070. The van der Waals surface area contributed by atoms with E-state index in [1.54, 1.807) is 13.1 Å². The van der Waals surface area contributed by atoms with Crippen LogP contribution in [-0.4, -0.2) is 39.3 Å². The largest absolute Gasteiger partial charge is 0.382 e. The third-order valence-electron chi connectivity index (χ3n) is 3.65. The van der Waals surface area contributed by atoms with Crippen LogP contribution in [0.2, 0.25) is 0 Å². The van der Waals surface area contributed by atoms with Gasteiger partial charge in [-0.15, -0.1) is 0 Å². The molecule has 4 heterocycles. The zero-order valence-electron chi connectivity index (χ0n) is 13.2. The lowest BCUT2D eigenvalue weighted by molar-refractivity contribution is 0.639. The average Bonchev–Trinajstić information content (AvgIpc) is 2.95. The first-order chi connectivity index (χ1) is 11.0. The van der Waals surface area contributed by atoms with E-state index in [1.807, 2.05) is 30.1 Å². The number of aromatic nitrogens is 8. The Morgan fingerprint density at radius 3 is 2.22 bits per heavy atom. The van der Waals surface area contributed by atoms with Crippen LogP contribution in [0.4, 0.5) is 5.82 Å². The minimum absolute atomic E-state index is 0.363. The summed E-state index contributed by atoms with van der Waals surface area (Å²) in [5.74, 6) is 3.11. The van der Waals surface area contributed by atoms with Crippen molar-refractivity contribution >= 4 is 28.1 Å². The molecule has 0 spiro atoms. The van der Waals surface area contributed by atoms with E-state index in [1.165, 1.54) is 0 Å². The number of hydrogen-bond acceptors (Lipinski definition) is 7. The zero-order chi connectivity index (χ0) is 16.3. The van der Waals surface area contributed by atoms with E-state index in [-0.39, 0.29) is 0 Å². The third kappa shape index (κ3) is 1.86. The summed E-state index contributed by atoms with van der Waals surface area (Å²) < 4.78 is 3.73. The Balaban J connectivity index is 2.17. The SMILES string of the molecule is Cc1ncc2nc(C)n(-n3c(C)nc4c(N)nc(C)nc43)c2n1. The summed E-state index contributed by atoms with van der Waals surface area (Å²) in [7, 11) is 0. The third-order valence-corrected chi connectivity index (χ3v) is 3.65. The summed E-state index contributed by atoms with van der Waals surface area (Å²) in [6, 6.07) is 0. The van der Waals surface area contributed by atoms with Gasteiger partial charge in [-0.05, 0) is 27.7 Å². The van der Waals surface area contributed by atoms with Crippen LogP contribution in [0.15, 0.2) is 6.20 Å². The van der Waals surface area contributed by atoms with E-state index in [2.05, 4.69) is 29.9 Å². The predicted octanol–water partition coefficient (Wildman–Crippen LogP) is 1.09. The number of nitrogen functional groups attached to an aromatic ring is 1. The first-order valence-corrected chi connectivity index (χ1v) is 7.14. The highest BCUT2D eigenvalue weighted by molar-refractivity contribution is 5.83. The molecule has 0 aliphatic rings. The molecule has 0 saturated heterocycles. The van der Waals surface area contributed by atoms with Gasteiger partial charge >= 0.3 is 0 Å². The maximum Gasteiger partial charge on any atom is 0.185 e. The Morgan fingerprint density at radius 2 is 1.43 bits per heavy atom. The van der Waals surface area contributed by atoms with Crippen molar-refractivity contribution in [2.75, 3.05) is 5.73 Å². The van der Waals surface area contributed by atoms with Crippen LogP contribution in [0.1, 0.15) is 23.3 Å². The van der Waals surface area contributed by atoms with Gasteiger partial charge in [0.2, 0.25) is 0 Å². The minimum atomic E-state index is 0.363. The number of rotatable bonds is 1. The second kappa shape index (κ2) is 4.45. The van der Waals surface area contributed by atoms with Gasteiger partial charge < -0.3 is 5.73 Å². The molecule has 0 fully saturated rings. The van der Waals surface area contributed by atoms with E-state index < -0.39 is 0 Å². The van der Waals surface area contributed by atoms with Crippen molar-refractivity contribution in [1.29, 1.82) is 0 Å². The molecule has 0 saturated carbocycles. The van der Waals surface area contributed by atoms with Crippen molar-refractivity contribution in [2.45, 2.75) is 27.7 Å². The molecule has 4 rings (SSSR count). The van der Waals surface area contributed by atoms with Crippen molar-refractivity contribution < 1.29 is 0 Å². The minimum Gasteiger partial charge on any atom is -0.382 e. The zero-order valence-corrected chi connectivity index (χ0v) is 13.2. The number of hydrogen-bond donors (Lipinski definition) is 1. The fraction of sp³-hybridized carbons (Fsp3) is 0.286. The number of imidazole rings is 2. The molecule has 4 aromatic rings. The fourth-order valence-electron chi connectivity index (χ4n) is 2.73. The summed E-state index contributed by atoms with van der Waals surface area (Å²) in [5, 5.41) is 0. The van der Waals surface area contributed by atoms with Gasteiger partial charge in [-0.2, -0.15) is 0 Å². The van der Waals surface area contributed by atoms with Crippen LogP contribution >= 0.6 is 0 Å². The molecule has 0 aliphatic heterocycles. The normalized spacial score (nSPS) is 11.7. The number of aryl methyl sites for hydroxylation is 4. The number of fused-ring (bicyclic) bond motifs is 2. The summed E-state index contributed by atoms with van der Waals surface area (Å²) in [6.07, 6.45) is 1.71.